The molecule has 4 heteroatoms. The molecule has 0 aromatic heterocycles. The second kappa shape index (κ2) is 9.21. The van der Waals surface area contributed by atoms with Crippen molar-refractivity contribution < 1.29 is 14.3 Å². The summed E-state index contributed by atoms with van der Waals surface area (Å²) in [6, 6.07) is 13.6. The summed E-state index contributed by atoms with van der Waals surface area (Å²) in [4.78, 5) is 11.4. The first-order valence-corrected chi connectivity index (χ1v) is 8.29. The molecule has 0 aliphatic carbocycles. The van der Waals surface area contributed by atoms with Gasteiger partial charge in [0.05, 0.1) is 12.2 Å². The van der Waals surface area contributed by atoms with E-state index in [-0.39, 0.29) is 0 Å². The Morgan fingerprint density at radius 1 is 1.09 bits per heavy atom. The molecule has 23 heavy (non-hydrogen) atoms. The summed E-state index contributed by atoms with van der Waals surface area (Å²) >= 11 is 5.70. The molecule has 0 saturated carbocycles. The van der Waals surface area contributed by atoms with Gasteiger partial charge in [-0.3, -0.25) is 4.79 Å². The second-order valence-electron chi connectivity index (χ2n) is 5.15. The summed E-state index contributed by atoms with van der Waals surface area (Å²) < 4.78 is 11.7. The van der Waals surface area contributed by atoms with Crippen LogP contribution in [0.3, 0.4) is 0 Å². The number of aryl methyl sites for hydroxylation is 1. The average Bonchev–Trinajstić information content (AvgIpc) is 2.61. The molecule has 3 nitrogen and oxygen atoms in total. The number of aldehydes is 1. The summed E-state index contributed by atoms with van der Waals surface area (Å²) in [5.74, 6) is 1.64. The number of alkyl halides is 1. The highest BCUT2D eigenvalue weighted by Gasteiger charge is 2.13. The van der Waals surface area contributed by atoms with Gasteiger partial charge in [0.25, 0.3) is 0 Å². The SMILES string of the molecule is CCc1cc(C=O)c(OCc2ccccc2)c(OCCCCl)c1. The Balaban J connectivity index is 2.24. The predicted molar refractivity (Wildman–Crippen MR) is 92.8 cm³/mol. The molecule has 0 N–H and O–H groups in total. The lowest BCUT2D eigenvalue weighted by molar-refractivity contribution is 0.111. The summed E-state index contributed by atoms with van der Waals surface area (Å²) in [5, 5.41) is 0. The number of hydrogen-bond acceptors (Lipinski definition) is 3. The van der Waals surface area contributed by atoms with Gasteiger partial charge in [0.2, 0.25) is 0 Å². The molecule has 0 atom stereocenters. The van der Waals surface area contributed by atoms with Crippen LogP contribution in [0.2, 0.25) is 0 Å². The van der Waals surface area contributed by atoms with Crippen molar-refractivity contribution in [1.29, 1.82) is 0 Å². The van der Waals surface area contributed by atoms with Crippen molar-refractivity contribution in [1.82, 2.24) is 0 Å². The first kappa shape index (κ1) is 17.4. The van der Waals surface area contributed by atoms with Gasteiger partial charge >= 0.3 is 0 Å². The molecule has 0 radical (unpaired) electrons. The number of benzene rings is 2. The lowest BCUT2D eigenvalue weighted by Gasteiger charge is -2.16. The van der Waals surface area contributed by atoms with Crippen molar-refractivity contribution in [2.24, 2.45) is 0 Å². The van der Waals surface area contributed by atoms with Crippen LogP contribution in [-0.2, 0) is 13.0 Å². The summed E-state index contributed by atoms with van der Waals surface area (Å²) in [7, 11) is 0. The minimum Gasteiger partial charge on any atom is -0.490 e. The zero-order chi connectivity index (χ0) is 16.5. The topological polar surface area (TPSA) is 35.5 Å². The van der Waals surface area contributed by atoms with E-state index >= 15 is 0 Å². The largest absolute Gasteiger partial charge is 0.490 e. The average molecular weight is 333 g/mol. The van der Waals surface area contributed by atoms with Gasteiger partial charge in [0.15, 0.2) is 17.8 Å². The molecular weight excluding hydrogens is 312 g/mol. The Morgan fingerprint density at radius 2 is 1.87 bits per heavy atom. The fourth-order valence-electron chi connectivity index (χ4n) is 2.20. The number of carbonyl (C=O) groups excluding carboxylic acids is 1. The monoisotopic (exact) mass is 332 g/mol. The smallest absolute Gasteiger partial charge is 0.172 e. The van der Waals surface area contributed by atoms with Crippen molar-refractivity contribution in [2.45, 2.75) is 26.4 Å². The van der Waals surface area contributed by atoms with E-state index in [1.807, 2.05) is 49.4 Å². The number of carbonyl (C=O) groups is 1. The summed E-state index contributed by atoms with van der Waals surface area (Å²) in [5.41, 5.74) is 2.59. The van der Waals surface area contributed by atoms with Crippen LogP contribution >= 0.6 is 11.6 Å². The first-order chi connectivity index (χ1) is 11.3. The Bertz CT molecular complexity index is 626. The Kier molecular flexibility index (Phi) is 6.95. The Labute approximate surface area is 142 Å². The van der Waals surface area contributed by atoms with Crippen LogP contribution in [0.4, 0.5) is 0 Å². The van der Waals surface area contributed by atoms with Gasteiger partial charge in [0.1, 0.15) is 6.61 Å². The fourth-order valence-corrected chi connectivity index (χ4v) is 2.31. The summed E-state index contributed by atoms with van der Waals surface area (Å²) in [6.07, 6.45) is 2.38. The van der Waals surface area contributed by atoms with E-state index in [9.17, 15) is 4.79 Å². The molecule has 0 aliphatic rings. The minimum atomic E-state index is 0.388. The molecule has 0 amide bonds. The van der Waals surface area contributed by atoms with Crippen LogP contribution in [0.1, 0.15) is 34.8 Å². The van der Waals surface area contributed by atoms with E-state index in [1.54, 1.807) is 0 Å². The molecular formula is C19H21ClO3. The highest BCUT2D eigenvalue weighted by atomic mass is 35.5. The van der Waals surface area contributed by atoms with E-state index in [2.05, 4.69) is 0 Å². The molecule has 2 aromatic rings. The molecule has 0 saturated heterocycles. The third kappa shape index (κ3) is 5.00. The summed E-state index contributed by atoms with van der Waals surface area (Å²) in [6.45, 7) is 2.92. The molecule has 2 rings (SSSR count). The standard InChI is InChI=1S/C19H21ClO3/c1-2-15-11-17(13-21)19(18(12-15)22-10-6-9-20)23-14-16-7-4-3-5-8-16/h3-5,7-8,11-13H,2,6,9-10,14H2,1H3. The van der Waals surface area contributed by atoms with Crippen LogP contribution < -0.4 is 9.47 Å². The number of halogens is 1. The van der Waals surface area contributed by atoms with E-state index in [1.165, 1.54) is 0 Å². The van der Waals surface area contributed by atoms with Gasteiger partial charge in [-0.05, 0) is 36.1 Å². The lowest BCUT2D eigenvalue weighted by Crippen LogP contribution is -2.05. The van der Waals surface area contributed by atoms with Crippen LogP contribution in [0.15, 0.2) is 42.5 Å². The first-order valence-electron chi connectivity index (χ1n) is 7.76. The van der Waals surface area contributed by atoms with Gasteiger partial charge in [0, 0.05) is 5.88 Å². The fraction of sp³-hybridized carbons (Fsp3) is 0.316. The maximum atomic E-state index is 11.4. The normalized spacial score (nSPS) is 10.3. The molecule has 0 bridgehead atoms. The van der Waals surface area contributed by atoms with Crippen LogP contribution in [0.25, 0.3) is 0 Å². The predicted octanol–water partition coefficient (Wildman–Crippen LogP) is 4.65. The molecule has 2 aromatic carbocycles. The van der Waals surface area contributed by atoms with Crippen molar-refractivity contribution >= 4 is 17.9 Å². The Hall–Kier alpha value is -2.00. The van der Waals surface area contributed by atoms with Crippen molar-refractivity contribution in [3.8, 4) is 11.5 Å². The zero-order valence-corrected chi connectivity index (χ0v) is 14.0. The van der Waals surface area contributed by atoms with Gasteiger partial charge in [-0.2, -0.15) is 0 Å². The second-order valence-corrected chi connectivity index (χ2v) is 5.53. The number of rotatable bonds is 9. The van der Waals surface area contributed by atoms with Gasteiger partial charge in [-0.15, -0.1) is 11.6 Å². The highest BCUT2D eigenvalue weighted by molar-refractivity contribution is 6.17. The van der Waals surface area contributed by atoms with E-state index in [0.717, 1.165) is 30.3 Å². The van der Waals surface area contributed by atoms with Crippen molar-refractivity contribution in [3.63, 3.8) is 0 Å². The molecule has 0 spiro atoms. The molecule has 0 heterocycles. The van der Waals surface area contributed by atoms with Crippen LogP contribution in [0, 0.1) is 0 Å². The van der Waals surface area contributed by atoms with Crippen LogP contribution in [-0.4, -0.2) is 18.8 Å². The van der Waals surface area contributed by atoms with Gasteiger partial charge in [-0.25, -0.2) is 0 Å². The van der Waals surface area contributed by atoms with Crippen molar-refractivity contribution in [2.75, 3.05) is 12.5 Å². The maximum absolute atomic E-state index is 11.4. The minimum absolute atomic E-state index is 0.388. The molecule has 122 valence electrons. The highest BCUT2D eigenvalue weighted by Crippen LogP contribution is 2.33. The maximum Gasteiger partial charge on any atom is 0.172 e. The van der Waals surface area contributed by atoms with E-state index in [0.29, 0.717) is 36.2 Å². The quantitative estimate of drug-likeness (QED) is 0.381. The number of ether oxygens (including phenoxy) is 2. The van der Waals surface area contributed by atoms with Gasteiger partial charge < -0.3 is 9.47 Å². The third-order valence-corrected chi connectivity index (χ3v) is 3.71. The number of hydrogen-bond donors (Lipinski definition) is 0. The molecule has 0 fully saturated rings. The Morgan fingerprint density at radius 3 is 2.52 bits per heavy atom. The molecule has 0 aliphatic heterocycles. The van der Waals surface area contributed by atoms with Crippen LogP contribution in [0.5, 0.6) is 11.5 Å². The lowest BCUT2D eigenvalue weighted by atomic mass is 10.1. The van der Waals surface area contributed by atoms with E-state index < -0.39 is 0 Å². The zero-order valence-electron chi connectivity index (χ0n) is 13.3. The van der Waals surface area contributed by atoms with Crippen molar-refractivity contribution in [3.05, 3.63) is 59.2 Å². The van der Waals surface area contributed by atoms with E-state index in [4.69, 9.17) is 21.1 Å². The molecule has 0 unspecified atom stereocenters. The van der Waals surface area contributed by atoms with Gasteiger partial charge in [-0.1, -0.05) is 37.3 Å². The third-order valence-electron chi connectivity index (χ3n) is 3.44.